The lowest BCUT2D eigenvalue weighted by Gasteiger charge is -2.11. The molecule has 0 aliphatic carbocycles. The van der Waals surface area contributed by atoms with Crippen molar-refractivity contribution in [2.45, 2.75) is 6.92 Å². The third-order valence-corrected chi connectivity index (χ3v) is 4.84. The highest BCUT2D eigenvalue weighted by atomic mass is 35.5. The summed E-state index contributed by atoms with van der Waals surface area (Å²) < 4.78 is 0. The summed E-state index contributed by atoms with van der Waals surface area (Å²) in [6.07, 6.45) is 4.95. The average molecular weight is 389 g/mol. The maximum absolute atomic E-state index is 12.7. The second-order valence-electron chi connectivity index (χ2n) is 6.33. The van der Waals surface area contributed by atoms with Gasteiger partial charge in [0.05, 0.1) is 28.7 Å². The van der Waals surface area contributed by atoms with Gasteiger partial charge in [-0.15, -0.1) is 0 Å². The van der Waals surface area contributed by atoms with Gasteiger partial charge >= 0.3 is 0 Å². The molecule has 4 rings (SSSR count). The van der Waals surface area contributed by atoms with Crippen LogP contribution in [0.1, 0.15) is 15.9 Å². The van der Waals surface area contributed by atoms with Crippen molar-refractivity contribution in [1.82, 2.24) is 9.97 Å². The van der Waals surface area contributed by atoms with E-state index < -0.39 is 0 Å². The number of pyridine rings is 2. The number of rotatable bonds is 4. The number of hydrogen-bond donors (Lipinski definition) is 2. The summed E-state index contributed by atoms with van der Waals surface area (Å²) in [5.41, 5.74) is 4.35. The Labute approximate surface area is 167 Å². The molecule has 2 aromatic carbocycles. The number of anilines is 3. The van der Waals surface area contributed by atoms with Crippen LogP contribution in [0.25, 0.3) is 10.9 Å². The Morgan fingerprint density at radius 1 is 1.00 bits per heavy atom. The molecule has 0 fully saturated rings. The standard InChI is InChI=1S/C22H17ClN4O/c1-14-18(23)7-3-8-19(14)27-22(28)16-11-17(13-24-12-16)26-20-9-2-5-15-6-4-10-25-21(15)20/h2-13,26H,1H3,(H,27,28). The molecule has 2 aromatic heterocycles. The van der Waals surface area contributed by atoms with E-state index in [-0.39, 0.29) is 5.91 Å². The summed E-state index contributed by atoms with van der Waals surface area (Å²) in [7, 11) is 0. The van der Waals surface area contributed by atoms with Gasteiger partial charge in [-0.25, -0.2) is 0 Å². The van der Waals surface area contributed by atoms with Gasteiger partial charge < -0.3 is 10.6 Å². The first-order valence-corrected chi connectivity index (χ1v) is 9.12. The molecule has 0 atom stereocenters. The van der Waals surface area contributed by atoms with Crippen molar-refractivity contribution in [2.75, 3.05) is 10.6 Å². The van der Waals surface area contributed by atoms with Crippen LogP contribution >= 0.6 is 11.6 Å². The molecule has 0 saturated heterocycles. The largest absolute Gasteiger partial charge is 0.352 e. The first kappa shape index (κ1) is 17.9. The van der Waals surface area contributed by atoms with E-state index in [0.717, 1.165) is 22.2 Å². The van der Waals surface area contributed by atoms with Gasteiger partial charge in [0.25, 0.3) is 5.91 Å². The van der Waals surface area contributed by atoms with Crippen LogP contribution in [0.4, 0.5) is 17.1 Å². The maximum atomic E-state index is 12.7. The van der Waals surface area contributed by atoms with Crippen molar-refractivity contribution in [3.05, 3.63) is 89.3 Å². The van der Waals surface area contributed by atoms with Crippen LogP contribution in [-0.4, -0.2) is 15.9 Å². The first-order valence-electron chi connectivity index (χ1n) is 8.74. The summed E-state index contributed by atoms with van der Waals surface area (Å²) in [4.78, 5) is 21.3. The Morgan fingerprint density at radius 3 is 2.68 bits per heavy atom. The van der Waals surface area contributed by atoms with Crippen LogP contribution in [-0.2, 0) is 0 Å². The molecule has 2 N–H and O–H groups in total. The van der Waals surface area contributed by atoms with Gasteiger partial charge in [0.15, 0.2) is 0 Å². The van der Waals surface area contributed by atoms with Crippen molar-refractivity contribution in [3.8, 4) is 0 Å². The van der Waals surface area contributed by atoms with E-state index in [0.29, 0.717) is 22.0 Å². The summed E-state index contributed by atoms with van der Waals surface area (Å²) in [6.45, 7) is 1.86. The van der Waals surface area contributed by atoms with E-state index in [1.807, 2.05) is 43.3 Å². The SMILES string of the molecule is Cc1c(Cl)cccc1NC(=O)c1cncc(Nc2cccc3cccnc23)c1. The van der Waals surface area contributed by atoms with Gasteiger partial charge in [0.2, 0.25) is 0 Å². The fourth-order valence-electron chi connectivity index (χ4n) is 2.93. The first-order chi connectivity index (χ1) is 13.6. The van der Waals surface area contributed by atoms with Crippen LogP contribution in [0.2, 0.25) is 5.02 Å². The van der Waals surface area contributed by atoms with Gasteiger partial charge in [-0.2, -0.15) is 0 Å². The molecule has 0 aliphatic heterocycles. The molecular formula is C22H17ClN4O. The Morgan fingerprint density at radius 2 is 1.79 bits per heavy atom. The van der Waals surface area contributed by atoms with Crippen LogP contribution in [0.3, 0.4) is 0 Å². The molecule has 138 valence electrons. The van der Waals surface area contributed by atoms with Gasteiger partial charge in [0.1, 0.15) is 0 Å². The van der Waals surface area contributed by atoms with Gasteiger partial charge in [0, 0.05) is 28.5 Å². The summed E-state index contributed by atoms with van der Waals surface area (Å²) in [5.74, 6) is -0.252. The Balaban J connectivity index is 1.59. The van der Waals surface area contributed by atoms with E-state index in [1.54, 1.807) is 30.6 Å². The van der Waals surface area contributed by atoms with Gasteiger partial charge in [-0.3, -0.25) is 14.8 Å². The van der Waals surface area contributed by atoms with E-state index in [4.69, 9.17) is 11.6 Å². The number of fused-ring (bicyclic) bond motifs is 1. The predicted molar refractivity (Wildman–Crippen MR) is 113 cm³/mol. The number of hydrogen-bond acceptors (Lipinski definition) is 4. The quantitative estimate of drug-likeness (QED) is 0.478. The monoisotopic (exact) mass is 388 g/mol. The molecule has 2 heterocycles. The molecule has 4 aromatic rings. The fraction of sp³-hybridized carbons (Fsp3) is 0.0455. The molecule has 5 nitrogen and oxygen atoms in total. The van der Waals surface area contributed by atoms with E-state index in [9.17, 15) is 4.79 Å². The number of nitrogens with one attached hydrogen (secondary N) is 2. The third-order valence-electron chi connectivity index (χ3n) is 4.43. The van der Waals surface area contributed by atoms with Gasteiger partial charge in [-0.1, -0.05) is 35.9 Å². The van der Waals surface area contributed by atoms with Crippen LogP contribution in [0, 0.1) is 6.92 Å². The molecule has 1 amide bonds. The normalized spacial score (nSPS) is 10.6. The number of carbonyl (C=O) groups excluding carboxylic acids is 1. The number of para-hydroxylation sites is 1. The fourth-order valence-corrected chi connectivity index (χ4v) is 3.10. The maximum Gasteiger partial charge on any atom is 0.257 e. The third kappa shape index (κ3) is 3.66. The molecule has 0 bridgehead atoms. The predicted octanol–water partition coefficient (Wildman–Crippen LogP) is 5.59. The molecule has 0 aliphatic rings. The molecule has 0 saturated carbocycles. The van der Waals surface area contributed by atoms with Crippen LogP contribution in [0.15, 0.2) is 73.2 Å². The Bertz CT molecular complexity index is 1170. The summed E-state index contributed by atoms with van der Waals surface area (Å²) >= 11 is 6.13. The van der Waals surface area contributed by atoms with Crippen molar-refractivity contribution >= 4 is 45.5 Å². The zero-order valence-electron chi connectivity index (χ0n) is 15.1. The van der Waals surface area contributed by atoms with E-state index in [1.165, 1.54) is 6.20 Å². The van der Waals surface area contributed by atoms with Crippen molar-refractivity contribution in [1.29, 1.82) is 0 Å². The molecule has 0 unspecified atom stereocenters. The Kier molecular flexibility index (Phi) is 4.91. The zero-order chi connectivity index (χ0) is 19.5. The minimum atomic E-state index is -0.252. The minimum absolute atomic E-state index is 0.252. The van der Waals surface area contributed by atoms with Gasteiger partial charge in [-0.05, 0) is 42.8 Å². The van der Waals surface area contributed by atoms with E-state index >= 15 is 0 Å². The minimum Gasteiger partial charge on any atom is -0.352 e. The number of nitrogens with zero attached hydrogens (tertiary/aromatic N) is 2. The van der Waals surface area contributed by atoms with E-state index in [2.05, 4.69) is 20.6 Å². The molecule has 28 heavy (non-hydrogen) atoms. The second kappa shape index (κ2) is 7.66. The van der Waals surface area contributed by atoms with Crippen LogP contribution in [0.5, 0.6) is 0 Å². The molecule has 0 spiro atoms. The topological polar surface area (TPSA) is 66.9 Å². The lowest BCUT2D eigenvalue weighted by molar-refractivity contribution is 0.102. The highest BCUT2D eigenvalue weighted by molar-refractivity contribution is 6.31. The lowest BCUT2D eigenvalue weighted by atomic mass is 10.1. The Hall–Kier alpha value is -3.44. The van der Waals surface area contributed by atoms with Crippen molar-refractivity contribution < 1.29 is 4.79 Å². The average Bonchev–Trinajstić information content (AvgIpc) is 2.72. The highest BCUT2D eigenvalue weighted by Gasteiger charge is 2.11. The second-order valence-corrected chi connectivity index (χ2v) is 6.74. The summed E-state index contributed by atoms with van der Waals surface area (Å²) in [5, 5.41) is 7.82. The van der Waals surface area contributed by atoms with Crippen molar-refractivity contribution in [2.24, 2.45) is 0 Å². The summed E-state index contributed by atoms with van der Waals surface area (Å²) in [6, 6.07) is 17.0. The molecular weight excluding hydrogens is 372 g/mol. The molecule has 6 heteroatoms. The number of amides is 1. The van der Waals surface area contributed by atoms with Crippen molar-refractivity contribution in [3.63, 3.8) is 0 Å². The smallest absolute Gasteiger partial charge is 0.257 e. The highest BCUT2D eigenvalue weighted by Crippen LogP contribution is 2.26. The number of benzene rings is 2. The van der Waals surface area contributed by atoms with Crippen LogP contribution < -0.4 is 10.6 Å². The molecule has 0 radical (unpaired) electrons. The number of carbonyl (C=O) groups is 1. The zero-order valence-corrected chi connectivity index (χ0v) is 15.9. The number of aromatic nitrogens is 2. The lowest BCUT2D eigenvalue weighted by Crippen LogP contribution is -2.13. The number of halogens is 1.